The van der Waals surface area contributed by atoms with Crippen molar-refractivity contribution in [2.24, 2.45) is 0 Å². The zero-order chi connectivity index (χ0) is 20.7. The SMILES string of the molecule is CN(Cc1ccc(OC(F)F)cc1)C(=O)COC(=O)c1ccc(S(C)=O)cc1. The Morgan fingerprint density at radius 1 is 1.07 bits per heavy atom. The quantitative estimate of drug-likeness (QED) is 0.625. The molecule has 1 unspecified atom stereocenters. The lowest BCUT2D eigenvalue weighted by Gasteiger charge is -2.17. The number of hydrogen-bond donors (Lipinski definition) is 0. The molecule has 0 aliphatic rings. The molecule has 0 aliphatic heterocycles. The van der Waals surface area contributed by atoms with Gasteiger partial charge in [-0.2, -0.15) is 8.78 Å². The summed E-state index contributed by atoms with van der Waals surface area (Å²) >= 11 is 0. The van der Waals surface area contributed by atoms with Crippen LogP contribution in [0.4, 0.5) is 8.78 Å². The van der Waals surface area contributed by atoms with Crippen molar-refractivity contribution in [3.8, 4) is 5.75 Å². The van der Waals surface area contributed by atoms with Gasteiger partial charge in [0.05, 0.1) is 5.56 Å². The molecule has 0 saturated carbocycles. The minimum absolute atomic E-state index is 0.0274. The van der Waals surface area contributed by atoms with Gasteiger partial charge in [0, 0.05) is 35.5 Å². The molecule has 1 atom stereocenters. The second-order valence-electron chi connectivity index (χ2n) is 5.83. The Morgan fingerprint density at radius 2 is 1.68 bits per heavy atom. The number of rotatable bonds is 8. The van der Waals surface area contributed by atoms with E-state index in [4.69, 9.17) is 4.74 Å². The van der Waals surface area contributed by atoms with E-state index in [-0.39, 0.29) is 17.9 Å². The van der Waals surface area contributed by atoms with Crippen molar-refractivity contribution < 1.29 is 32.1 Å². The maximum atomic E-state index is 12.1. The Balaban J connectivity index is 1.84. The van der Waals surface area contributed by atoms with E-state index >= 15 is 0 Å². The highest BCUT2D eigenvalue weighted by Gasteiger charge is 2.14. The second kappa shape index (κ2) is 9.93. The van der Waals surface area contributed by atoms with Crippen molar-refractivity contribution in [3.05, 3.63) is 59.7 Å². The third kappa shape index (κ3) is 6.41. The first-order valence-corrected chi connectivity index (χ1v) is 9.70. The minimum atomic E-state index is -2.90. The summed E-state index contributed by atoms with van der Waals surface area (Å²) in [5.41, 5.74) is 0.950. The summed E-state index contributed by atoms with van der Waals surface area (Å²) in [6, 6.07) is 12.0. The molecule has 2 aromatic rings. The standard InChI is InChI=1S/C19H19F2NO5S/c1-22(11-13-3-7-15(8-4-13)27-19(20)21)17(23)12-26-18(24)14-5-9-16(10-6-14)28(2)25/h3-10,19H,11-12H2,1-2H3. The summed E-state index contributed by atoms with van der Waals surface area (Å²) in [5.74, 6) is -1.06. The van der Waals surface area contributed by atoms with Gasteiger partial charge in [-0.1, -0.05) is 12.1 Å². The molecule has 0 aliphatic carbocycles. The van der Waals surface area contributed by atoms with Gasteiger partial charge < -0.3 is 14.4 Å². The van der Waals surface area contributed by atoms with E-state index in [0.717, 1.165) is 0 Å². The van der Waals surface area contributed by atoms with Crippen LogP contribution >= 0.6 is 0 Å². The number of carbonyl (C=O) groups excluding carboxylic acids is 2. The third-order valence-corrected chi connectivity index (χ3v) is 4.68. The average molecular weight is 411 g/mol. The molecule has 0 N–H and O–H groups in total. The second-order valence-corrected chi connectivity index (χ2v) is 7.21. The van der Waals surface area contributed by atoms with E-state index in [0.29, 0.717) is 10.5 Å². The minimum Gasteiger partial charge on any atom is -0.452 e. The number of benzene rings is 2. The van der Waals surface area contributed by atoms with Gasteiger partial charge in [0.25, 0.3) is 5.91 Å². The molecule has 28 heavy (non-hydrogen) atoms. The summed E-state index contributed by atoms with van der Waals surface area (Å²) in [6.45, 7) is -3.13. The van der Waals surface area contributed by atoms with Crippen molar-refractivity contribution in [2.75, 3.05) is 19.9 Å². The number of esters is 1. The Bertz CT molecular complexity index is 840. The van der Waals surface area contributed by atoms with Crippen LogP contribution < -0.4 is 4.74 Å². The smallest absolute Gasteiger partial charge is 0.387 e. The van der Waals surface area contributed by atoms with Crippen LogP contribution in [0.15, 0.2) is 53.4 Å². The maximum Gasteiger partial charge on any atom is 0.387 e. The van der Waals surface area contributed by atoms with Crippen LogP contribution in [0.3, 0.4) is 0 Å². The largest absolute Gasteiger partial charge is 0.452 e. The summed E-state index contributed by atoms with van der Waals surface area (Å²) in [5, 5.41) is 0. The van der Waals surface area contributed by atoms with Gasteiger partial charge >= 0.3 is 12.6 Å². The van der Waals surface area contributed by atoms with Crippen LogP contribution in [-0.2, 0) is 26.9 Å². The van der Waals surface area contributed by atoms with E-state index in [2.05, 4.69) is 4.74 Å². The molecule has 2 aromatic carbocycles. The first-order chi connectivity index (χ1) is 13.3. The van der Waals surface area contributed by atoms with Gasteiger partial charge in [-0.3, -0.25) is 9.00 Å². The lowest BCUT2D eigenvalue weighted by atomic mass is 10.2. The van der Waals surface area contributed by atoms with E-state index < -0.39 is 35.9 Å². The van der Waals surface area contributed by atoms with Crippen molar-refractivity contribution in [2.45, 2.75) is 18.1 Å². The molecule has 0 fully saturated rings. The molecule has 150 valence electrons. The molecular formula is C19H19F2NO5S. The number of alkyl halides is 2. The lowest BCUT2D eigenvalue weighted by Crippen LogP contribution is -2.30. The molecule has 0 radical (unpaired) electrons. The topological polar surface area (TPSA) is 72.9 Å². The van der Waals surface area contributed by atoms with Crippen LogP contribution in [-0.4, -0.2) is 47.5 Å². The van der Waals surface area contributed by atoms with Crippen molar-refractivity contribution in [3.63, 3.8) is 0 Å². The molecule has 6 nitrogen and oxygen atoms in total. The number of likely N-dealkylation sites (N-methyl/N-ethyl adjacent to an activating group) is 1. The summed E-state index contributed by atoms with van der Waals surface area (Å²) in [6.07, 6.45) is 1.53. The van der Waals surface area contributed by atoms with Crippen LogP contribution in [0, 0.1) is 0 Å². The van der Waals surface area contributed by atoms with Crippen molar-refractivity contribution in [1.29, 1.82) is 0 Å². The number of halogens is 2. The zero-order valence-corrected chi connectivity index (χ0v) is 16.1. The van der Waals surface area contributed by atoms with Gasteiger partial charge in [-0.05, 0) is 42.0 Å². The fourth-order valence-corrected chi connectivity index (χ4v) is 2.76. The normalized spacial score (nSPS) is 11.8. The monoisotopic (exact) mass is 411 g/mol. The summed E-state index contributed by atoms with van der Waals surface area (Å²) < 4.78 is 44.9. The zero-order valence-electron chi connectivity index (χ0n) is 15.3. The summed E-state index contributed by atoms with van der Waals surface area (Å²) in [7, 11) is 0.383. The number of nitrogens with zero attached hydrogens (tertiary/aromatic N) is 1. The van der Waals surface area contributed by atoms with E-state index in [1.165, 1.54) is 42.5 Å². The number of carbonyl (C=O) groups is 2. The predicted molar refractivity (Wildman–Crippen MR) is 98.6 cm³/mol. The maximum absolute atomic E-state index is 12.1. The Morgan fingerprint density at radius 3 is 2.21 bits per heavy atom. The highest BCUT2D eigenvalue weighted by atomic mass is 32.2. The molecule has 0 aromatic heterocycles. The van der Waals surface area contributed by atoms with Crippen LogP contribution in [0.25, 0.3) is 0 Å². The first kappa shape index (κ1) is 21.5. The Kier molecular flexibility index (Phi) is 7.62. The number of hydrogen-bond acceptors (Lipinski definition) is 5. The van der Waals surface area contributed by atoms with Crippen LogP contribution in [0.5, 0.6) is 5.75 Å². The summed E-state index contributed by atoms with van der Waals surface area (Å²) in [4.78, 5) is 26.0. The molecule has 9 heteroatoms. The average Bonchev–Trinajstić information content (AvgIpc) is 2.67. The highest BCUT2D eigenvalue weighted by Crippen LogP contribution is 2.16. The van der Waals surface area contributed by atoms with Crippen LogP contribution in [0.1, 0.15) is 15.9 Å². The number of ether oxygens (including phenoxy) is 2. The van der Waals surface area contributed by atoms with Gasteiger partial charge in [-0.15, -0.1) is 0 Å². The van der Waals surface area contributed by atoms with Gasteiger partial charge in [-0.25, -0.2) is 4.79 Å². The van der Waals surface area contributed by atoms with Crippen molar-refractivity contribution in [1.82, 2.24) is 4.90 Å². The molecule has 0 spiro atoms. The molecule has 0 bridgehead atoms. The van der Waals surface area contributed by atoms with E-state index in [9.17, 15) is 22.6 Å². The first-order valence-electron chi connectivity index (χ1n) is 8.14. The molecule has 1 amide bonds. The van der Waals surface area contributed by atoms with E-state index in [1.807, 2.05) is 0 Å². The fraction of sp³-hybridized carbons (Fsp3) is 0.263. The number of amides is 1. The molecular weight excluding hydrogens is 392 g/mol. The van der Waals surface area contributed by atoms with Crippen LogP contribution in [0.2, 0.25) is 0 Å². The van der Waals surface area contributed by atoms with Crippen molar-refractivity contribution >= 4 is 22.7 Å². The fourth-order valence-electron chi connectivity index (χ4n) is 2.24. The van der Waals surface area contributed by atoms with Gasteiger partial charge in [0.15, 0.2) is 6.61 Å². The highest BCUT2D eigenvalue weighted by molar-refractivity contribution is 7.84. The lowest BCUT2D eigenvalue weighted by molar-refractivity contribution is -0.133. The molecule has 0 saturated heterocycles. The molecule has 0 heterocycles. The Hall–Kier alpha value is -2.81. The Labute approximate surface area is 163 Å². The van der Waals surface area contributed by atoms with Gasteiger partial charge in [0.2, 0.25) is 0 Å². The van der Waals surface area contributed by atoms with E-state index in [1.54, 1.807) is 24.3 Å². The third-order valence-electron chi connectivity index (χ3n) is 3.74. The molecule has 2 rings (SSSR count). The predicted octanol–water partition coefficient (Wildman–Crippen LogP) is 2.84. The van der Waals surface area contributed by atoms with Gasteiger partial charge in [0.1, 0.15) is 5.75 Å².